The topological polar surface area (TPSA) is 183 Å². The Morgan fingerprint density at radius 2 is 1.81 bits per heavy atom. The first-order chi connectivity index (χ1) is 17.3. The molecule has 0 aliphatic carbocycles. The molecule has 0 amide bonds. The molecule has 2 heterocycles. The van der Waals surface area contributed by atoms with E-state index in [-0.39, 0.29) is 39.2 Å². The molecule has 0 aliphatic rings. The Morgan fingerprint density at radius 3 is 2.31 bits per heavy atom. The van der Waals surface area contributed by atoms with Gasteiger partial charge in [-0.2, -0.15) is 15.5 Å². The van der Waals surface area contributed by atoms with Gasteiger partial charge < -0.3 is 25.1 Å². The van der Waals surface area contributed by atoms with Gasteiger partial charge in [-0.15, -0.1) is 0 Å². The van der Waals surface area contributed by atoms with Gasteiger partial charge in [-0.1, -0.05) is 11.8 Å². The molecule has 0 saturated heterocycles. The van der Waals surface area contributed by atoms with Gasteiger partial charge in [-0.3, -0.25) is 4.52 Å². The Labute approximate surface area is 210 Å². The highest BCUT2D eigenvalue weighted by Gasteiger charge is 2.23. The quantitative estimate of drug-likeness (QED) is 0.185. The van der Waals surface area contributed by atoms with Gasteiger partial charge in [-0.25, -0.2) is 9.98 Å². The molecule has 2 aromatic heterocycles. The predicted molar refractivity (Wildman–Crippen MR) is 128 cm³/mol. The highest BCUT2D eigenvalue weighted by Crippen LogP contribution is 2.44. The van der Waals surface area contributed by atoms with E-state index >= 15 is 0 Å². The van der Waals surface area contributed by atoms with Crippen LogP contribution in [0.5, 0.6) is 17.2 Å². The van der Waals surface area contributed by atoms with Crippen molar-refractivity contribution in [2.45, 2.75) is 5.03 Å². The van der Waals surface area contributed by atoms with Crippen LogP contribution < -0.4 is 34.9 Å². The maximum Gasteiger partial charge on any atom is 0.324 e. The van der Waals surface area contributed by atoms with Crippen LogP contribution in [0.4, 0.5) is 11.7 Å². The standard InChI is InChI=1S/C22H22N8O5S/c1-29(2)30-10-18(35-28-30)26-17(31)11-36-22-14(9-24)19(13(8-23)21(25)27-22)12-6-15(32-3)20(34-5)16(7-12)33-4/h6-7,10H,11H2,1-5H3,(H2-,25,26,27,28,31). The van der Waals surface area contributed by atoms with Crippen molar-refractivity contribution in [1.82, 2.24) is 10.3 Å². The lowest BCUT2D eigenvalue weighted by molar-refractivity contribution is -0.753. The number of thioether (sulfide) groups is 1. The molecule has 3 rings (SSSR count). The van der Waals surface area contributed by atoms with Crippen molar-refractivity contribution in [2.75, 3.05) is 51.9 Å². The molecule has 2 N–H and O–H groups in total. The zero-order valence-corrected chi connectivity index (χ0v) is 20.9. The van der Waals surface area contributed by atoms with Crippen LogP contribution in [0, 0.1) is 22.7 Å². The van der Waals surface area contributed by atoms with Crippen molar-refractivity contribution in [2.24, 2.45) is 4.99 Å². The maximum absolute atomic E-state index is 12.4. The Hall–Kier alpha value is -4.69. The predicted octanol–water partition coefficient (Wildman–Crippen LogP) is 0.756. The van der Waals surface area contributed by atoms with Crippen LogP contribution in [0.3, 0.4) is 0 Å². The molecule has 0 spiro atoms. The van der Waals surface area contributed by atoms with Crippen molar-refractivity contribution >= 4 is 29.4 Å². The van der Waals surface area contributed by atoms with Crippen LogP contribution in [0.1, 0.15) is 11.1 Å². The second kappa shape index (κ2) is 11.2. The van der Waals surface area contributed by atoms with Crippen LogP contribution in [0.25, 0.3) is 11.1 Å². The summed E-state index contributed by atoms with van der Waals surface area (Å²) < 4.78 is 21.2. The fourth-order valence-corrected chi connectivity index (χ4v) is 3.95. The van der Waals surface area contributed by atoms with Gasteiger partial charge in [0.05, 0.1) is 45.8 Å². The summed E-state index contributed by atoms with van der Waals surface area (Å²) in [5, 5.41) is 37.7. The van der Waals surface area contributed by atoms with Crippen molar-refractivity contribution in [3.05, 3.63) is 29.5 Å². The molecule has 0 bridgehead atoms. The summed E-state index contributed by atoms with van der Waals surface area (Å²) in [7, 11) is 7.83. The monoisotopic (exact) mass is 510 g/mol. The fourth-order valence-electron chi connectivity index (χ4n) is 3.17. The minimum absolute atomic E-state index is 0.00362. The van der Waals surface area contributed by atoms with Crippen molar-refractivity contribution in [3.63, 3.8) is 0 Å². The number of nitrogen functional groups attached to an aromatic ring is 1. The number of aromatic nitrogens is 3. The van der Waals surface area contributed by atoms with Crippen LogP contribution in [0.15, 0.2) is 32.9 Å². The third kappa shape index (κ3) is 5.18. The largest absolute Gasteiger partial charge is 0.861 e. The highest BCUT2D eigenvalue weighted by atomic mass is 32.2. The summed E-state index contributed by atoms with van der Waals surface area (Å²) in [6.45, 7) is 0. The molecule has 36 heavy (non-hydrogen) atoms. The molecule has 14 heteroatoms. The highest BCUT2D eigenvalue weighted by molar-refractivity contribution is 8.00. The first-order valence-corrected chi connectivity index (χ1v) is 11.1. The summed E-state index contributed by atoms with van der Waals surface area (Å²) >= 11 is 0.949. The van der Waals surface area contributed by atoms with Gasteiger partial charge in [0.15, 0.2) is 11.5 Å². The Bertz CT molecular complexity index is 1370. The number of hydrogen-bond acceptors (Lipinski definition) is 13. The number of nitrogens with zero attached hydrogens (tertiary/aromatic N) is 7. The summed E-state index contributed by atoms with van der Waals surface area (Å²) in [5.74, 6) is 0.164. The molecule has 3 aromatic rings. The molecule has 13 nitrogen and oxygen atoms in total. The van der Waals surface area contributed by atoms with E-state index in [0.717, 1.165) is 11.8 Å². The second-order valence-corrected chi connectivity index (χ2v) is 8.13. The number of nitrogens with two attached hydrogens (primary N) is 1. The molecular weight excluding hydrogens is 488 g/mol. The van der Waals surface area contributed by atoms with Gasteiger partial charge in [0.25, 0.3) is 6.20 Å². The first kappa shape index (κ1) is 25.9. The average molecular weight is 511 g/mol. The number of benzene rings is 1. The maximum atomic E-state index is 12.4. The molecular formula is C22H22N8O5S. The number of pyridine rings is 1. The number of methoxy groups -OCH3 is 3. The molecule has 0 radical (unpaired) electrons. The van der Waals surface area contributed by atoms with Gasteiger partial charge in [0.2, 0.25) is 11.0 Å². The number of rotatable bonds is 9. The third-order valence-corrected chi connectivity index (χ3v) is 5.75. The van der Waals surface area contributed by atoms with E-state index in [1.165, 1.54) is 32.3 Å². The zero-order chi connectivity index (χ0) is 26.4. The van der Waals surface area contributed by atoms with Crippen LogP contribution in [0.2, 0.25) is 0 Å². The molecule has 0 saturated carbocycles. The fraction of sp³-hybridized carbons (Fsp3) is 0.273. The summed E-state index contributed by atoms with van der Waals surface area (Å²) in [6, 6.07) is 7.27. The first-order valence-electron chi connectivity index (χ1n) is 10.2. The molecule has 0 fully saturated rings. The lowest BCUT2D eigenvalue weighted by Gasteiger charge is -2.17. The smallest absolute Gasteiger partial charge is 0.324 e. The SMILES string of the molecule is COc1cc(-c2c(C#N)c(N)nc(SC/C([O-])=N\c3c[n+](N(C)C)no3)c2C#N)cc(OC)c1OC. The number of nitriles is 2. The van der Waals surface area contributed by atoms with Crippen LogP contribution in [-0.4, -0.2) is 57.3 Å². The van der Waals surface area contributed by atoms with E-state index in [1.807, 2.05) is 6.07 Å². The number of anilines is 1. The minimum Gasteiger partial charge on any atom is -0.861 e. The van der Waals surface area contributed by atoms with Gasteiger partial charge in [0, 0.05) is 11.3 Å². The van der Waals surface area contributed by atoms with E-state index in [0.29, 0.717) is 22.8 Å². The summed E-state index contributed by atoms with van der Waals surface area (Å²) in [5.41, 5.74) is 6.76. The van der Waals surface area contributed by atoms with Crippen LogP contribution in [-0.2, 0) is 0 Å². The Morgan fingerprint density at radius 1 is 1.17 bits per heavy atom. The Kier molecular flexibility index (Phi) is 8.03. The molecule has 0 atom stereocenters. The second-order valence-electron chi connectivity index (χ2n) is 7.17. The molecule has 186 valence electrons. The van der Waals surface area contributed by atoms with Crippen molar-refractivity contribution in [1.29, 1.82) is 10.5 Å². The molecule has 1 aromatic carbocycles. The van der Waals surface area contributed by atoms with Crippen LogP contribution >= 0.6 is 11.8 Å². The normalized spacial score (nSPS) is 10.9. The number of aliphatic imine (C=N–C) groups is 1. The summed E-state index contributed by atoms with van der Waals surface area (Å²) in [4.78, 5) is 9.41. The minimum atomic E-state index is -0.551. The van der Waals surface area contributed by atoms with E-state index < -0.39 is 5.90 Å². The van der Waals surface area contributed by atoms with Gasteiger partial charge in [-0.05, 0) is 23.6 Å². The number of ether oxygens (including phenoxy) is 3. The average Bonchev–Trinajstić information content (AvgIpc) is 3.34. The zero-order valence-electron chi connectivity index (χ0n) is 20.1. The van der Waals surface area contributed by atoms with E-state index in [9.17, 15) is 15.6 Å². The van der Waals surface area contributed by atoms with Gasteiger partial charge >= 0.3 is 5.88 Å². The van der Waals surface area contributed by atoms with E-state index in [1.54, 1.807) is 31.2 Å². The molecule has 0 unspecified atom stereocenters. The van der Waals surface area contributed by atoms with Gasteiger partial charge in [0.1, 0.15) is 28.5 Å². The number of hydrogen-bond donors (Lipinski definition) is 1. The summed E-state index contributed by atoms with van der Waals surface area (Å²) in [6.07, 6.45) is 1.43. The lowest BCUT2D eigenvalue weighted by atomic mass is 9.96. The Balaban J connectivity index is 2.06. The van der Waals surface area contributed by atoms with E-state index in [2.05, 4.69) is 21.3 Å². The third-order valence-electron chi connectivity index (χ3n) is 4.79. The van der Waals surface area contributed by atoms with Crippen molar-refractivity contribution < 1.29 is 28.6 Å². The lowest BCUT2D eigenvalue weighted by Crippen LogP contribution is -2.53. The molecule has 0 aliphatic heterocycles. The van der Waals surface area contributed by atoms with Crippen molar-refractivity contribution in [3.8, 4) is 40.5 Å². The van der Waals surface area contributed by atoms with E-state index in [4.69, 9.17) is 24.5 Å².